The van der Waals surface area contributed by atoms with Gasteiger partial charge in [0.15, 0.2) is 11.4 Å². The van der Waals surface area contributed by atoms with Crippen LogP contribution in [0.2, 0.25) is 0 Å². The number of furan rings is 1. The van der Waals surface area contributed by atoms with E-state index in [1.165, 1.54) is 13.4 Å². The van der Waals surface area contributed by atoms with E-state index in [0.29, 0.717) is 22.9 Å². The zero-order valence-corrected chi connectivity index (χ0v) is 9.53. The first-order valence-electron chi connectivity index (χ1n) is 5.27. The Labute approximate surface area is 102 Å². The monoisotopic (exact) mass is 243 g/mol. The van der Waals surface area contributed by atoms with E-state index < -0.39 is 5.97 Å². The maximum absolute atomic E-state index is 11.7. The van der Waals surface area contributed by atoms with E-state index in [9.17, 15) is 4.79 Å². The van der Waals surface area contributed by atoms with Gasteiger partial charge in [0.25, 0.3) is 0 Å². The van der Waals surface area contributed by atoms with Gasteiger partial charge in [0, 0.05) is 0 Å². The molecule has 3 aromatic rings. The number of nitrogens with zero attached hydrogens (tertiary/aromatic N) is 3. The maximum Gasteiger partial charge on any atom is 0.355 e. The molecule has 0 spiro atoms. The number of hydrogen-bond acceptors (Lipinski definition) is 5. The Morgan fingerprint density at radius 2 is 2.17 bits per heavy atom. The number of ether oxygens (including phenoxy) is 1. The normalized spacial score (nSPS) is 10.7. The molecule has 6 nitrogen and oxygen atoms in total. The molecule has 3 aromatic heterocycles. The van der Waals surface area contributed by atoms with Crippen molar-refractivity contribution in [2.45, 2.75) is 0 Å². The topological polar surface area (TPSA) is 69.6 Å². The van der Waals surface area contributed by atoms with E-state index >= 15 is 0 Å². The van der Waals surface area contributed by atoms with Crippen LogP contribution in [-0.2, 0) is 4.74 Å². The fourth-order valence-corrected chi connectivity index (χ4v) is 1.77. The minimum Gasteiger partial charge on any atom is -0.464 e. The Balaban J connectivity index is 2.31. The molecular weight excluding hydrogens is 234 g/mol. The van der Waals surface area contributed by atoms with Crippen molar-refractivity contribution in [1.82, 2.24) is 14.6 Å². The molecule has 0 atom stereocenters. The molecule has 3 rings (SSSR count). The molecule has 0 saturated heterocycles. The van der Waals surface area contributed by atoms with Gasteiger partial charge in [0.2, 0.25) is 5.82 Å². The molecule has 0 aliphatic rings. The molecule has 0 N–H and O–H groups in total. The Morgan fingerprint density at radius 1 is 1.28 bits per heavy atom. The van der Waals surface area contributed by atoms with Gasteiger partial charge in [0.1, 0.15) is 5.69 Å². The van der Waals surface area contributed by atoms with Crippen molar-refractivity contribution < 1.29 is 13.9 Å². The molecule has 18 heavy (non-hydrogen) atoms. The van der Waals surface area contributed by atoms with Crippen molar-refractivity contribution in [3.8, 4) is 11.6 Å². The van der Waals surface area contributed by atoms with E-state index in [2.05, 4.69) is 10.2 Å². The van der Waals surface area contributed by atoms with Gasteiger partial charge in [-0.25, -0.2) is 4.79 Å². The summed E-state index contributed by atoms with van der Waals surface area (Å²) in [7, 11) is 1.33. The van der Waals surface area contributed by atoms with E-state index in [1.54, 1.807) is 34.7 Å². The van der Waals surface area contributed by atoms with Crippen molar-refractivity contribution in [3.63, 3.8) is 0 Å². The Kier molecular flexibility index (Phi) is 2.33. The predicted octanol–water partition coefficient (Wildman–Crippen LogP) is 1.78. The van der Waals surface area contributed by atoms with Crippen LogP contribution in [0.25, 0.3) is 17.2 Å². The van der Waals surface area contributed by atoms with Crippen molar-refractivity contribution in [2.24, 2.45) is 0 Å². The van der Waals surface area contributed by atoms with Crippen molar-refractivity contribution in [2.75, 3.05) is 7.11 Å². The lowest BCUT2D eigenvalue weighted by Gasteiger charge is -2.04. The first kappa shape index (κ1) is 10.5. The number of pyridine rings is 1. The van der Waals surface area contributed by atoms with Gasteiger partial charge in [-0.15, -0.1) is 10.2 Å². The number of rotatable bonds is 2. The summed E-state index contributed by atoms with van der Waals surface area (Å²) in [5.41, 5.74) is 0.913. The fraction of sp³-hybridized carbons (Fsp3) is 0.0833. The molecule has 0 unspecified atom stereocenters. The van der Waals surface area contributed by atoms with Crippen LogP contribution in [-0.4, -0.2) is 27.7 Å². The van der Waals surface area contributed by atoms with E-state index in [-0.39, 0.29) is 0 Å². The number of fused-ring (bicyclic) bond motifs is 1. The van der Waals surface area contributed by atoms with Crippen LogP contribution in [0.4, 0.5) is 0 Å². The van der Waals surface area contributed by atoms with E-state index in [4.69, 9.17) is 9.15 Å². The van der Waals surface area contributed by atoms with Crippen LogP contribution in [0, 0.1) is 0 Å². The average Bonchev–Trinajstić information content (AvgIpc) is 3.05. The Bertz CT molecular complexity index is 701. The van der Waals surface area contributed by atoms with Gasteiger partial charge in [-0.1, -0.05) is 6.07 Å². The van der Waals surface area contributed by atoms with Crippen molar-refractivity contribution >= 4 is 11.6 Å². The number of carbonyl (C=O) groups is 1. The summed E-state index contributed by atoms with van der Waals surface area (Å²) in [5, 5.41) is 8.02. The van der Waals surface area contributed by atoms with Crippen LogP contribution >= 0.6 is 0 Å². The molecule has 0 aliphatic heterocycles. The summed E-state index contributed by atoms with van der Waals surface area (Å²) in [5.74, 6) is 0.558. The molecule has 0 fully saturated rings. The molecule has 0 aliphatic carbocycles. The summed E-state index contributed by atoms with van der Waals surface area (Å²) < 4.78 is 11.6. The zero-order chi connectivity index (χ0) is 12.5. The Hall–Kier alpha value is -2.63. The quantitative estimate of drug-likeness (QED) is 0.641. The molecular formula is C12H9N3O3. The lowest BCUT2D eigenvalue weighted by molar-refractivity contribution is 0.0592. The minimum atomic E-state index is -0.451. The molecule has 0 bridgehead atoms. The van der Waals surface area contributed by atoms with E-state index in [0.717, 1.165) is 0 Å². The van der Waals surface area contributed by atoms with Gasteiger partial charge in [0.05, 0.1) is 13.4 Å². The molecule has 0 radical (unpaired) electrons. The summed E-state index contributed by atoms with van der Waals surface area (Å²) in [6.07, 6.45) is 1.54. The smallest absolute Gasteiger partial charge is 0.355 e. The maximum atomic E-state index is 11.7. The first-order chi connectivity index (χ1) is 8.81. The van der Waals surface area contributed by atoms with Gasteiger partial charge >= 0.3 is 5.97 Å². The zero-order valence-electron chi connectivity index (χ0n) is 9.53. The largest absolute Gasteiger partial charge is 0.464 e. The molecule has 0 saturated carbocycles. The number of esters is 1. The van der Waals surface area contributed by atoms with Crippen LogP contribution in [0.15, 0.2) is 41.0 Å². The third-order valence-electron chi connectivity index (χ3n) is 2.56. The summed E-state index contributed by atoms with van der Waals surface area (Å²) in [4.78, 5) is 11.7. The molecule has 3 heterocycles. The van der Waals surface area contributed by atoms with Gasteiger partial charge in [-0.3, -0.25) is 4.40 Å². The minimum absolute atomic E-state index is 0.353. The lowest BCUT2D eigenvalue weighted by Crippen LogP contribution is -2.08. The highest BCUT2D eigenvalue weighted by molar-refractivity contribution is 5.89. The van der Waals surface area contributed by atoms with E-state index in [1.807, 2.05) is 0 Å². The summed E-state index contributed by atoms with van der Waals surface area (Å²) in [6, 6.07) is 8.63. The second-order valence-corrected chi connectivity index (χ2v) is 3.60. The summed E-state index contributed by atoms with van der Waals surface area (Å²) >= 11 is 0. The molecule has 90 valence electrons. The third-order valence-corrected chi connectivity index (χ3v) is 2.56. The SMILES string of the molecule is COC(=O)c1cccc2nnc(-c3ccco3)n12. The first-order valence-corrected chi connectivity index (χ1v) is 5.27. The van der Waals surface area contributed by atoms with Crippen LogP contribution in [0.1, 0.15) is 10.5 Å². The van der Waals surface area contributed by atoms with Crippen molar-refractivity contribution in [1.29, 1.82) is 0 Å². The van der Waals surface area contributed by atoms with Crippen LogP contribution in [0.5, 0.6) is 0 Å². The number of aromatic nitrogens is 3. The van der Waals surface area contributed by atoms with Crippen LogP contribution in [0.3, 0.4) is 0 Å². The molecule has 6 heteroatoms. The fourth-order valence-electron chi connectivity index (χ4n) is 1.77. The summed E-state index contributed by atoms with van der Waals surface area (Å²) in [6.45, 7) is 0. The second kappa shape index (κ2) is 3.99. The highest BCUT2D eigenvalue weighted by Crippen LogP contribution is 2.20. The predicted molar refractivity (Wildman–Crippen MR) is 62.0 cm³/mol. The number of methoxy groups -OCH3 is 1. The highest BCUT2D eigenvalue weighted by Gasteiger charge is 2.17. The number of hydrogen-bond donors (Lipinski definition) is 0. The Morgan fingerprint density at radius 3 is 2.89 bits per heavy atom. The van der Waals surface area contributed by atoms with Gasteiger partial charge in [-0.2, -0.15) is 0 Å². The standard InChI is InChI=1S/C12H9N3O3/c1-17-12(16)8-4-2-6-10-13-14-11(15(8)10)9-5-3-7-18-9/h2-7H,1H3. The van der Waals surface area contributed by atoms with Gasteiger partial charge < -0.3 is 9.15 Å². The molecule has 0 amide bonds. The molecule has 0 aromatic carbocycles. The highest BCUT2D eigenvalue weighted by atomic mass is 16.5. The second-order valence-electron chi connectivity index (χ2n) is 3.60. The van der Waals surface area contributed by atoms with Gasteiger partial charge in [-0.05, 0) is 24.3 Å². The third kappa shape index (κ3) is 1.46. The van der Waals surface area contributed by atoms with Crippen molar-refractivity contribution in [3.05, 3.63) is 42.3 Å². The lowest BCUT2D eigenvalue weighted by atomic mass is 10.3. The number of carbonyl (C=O) groups excluding carboxylic acids is 1. The van der Waals surface area contributed by atoms with Crippen LogP contribution < -0.4 is 0 Å². The average molecular weight is 243 g/mol.